The Balaban J connectivity index is 1.03. The van der Waals surface area contributed by atoms with Crippen LogP contribution in [0.25, 0.3) is 0 Å². The summed E-state index contributed by atoms with van der Waals surface area (Å²) >= 11 is 0. The van der Waals surface area contributed by atoms with E-state index in [2.05, 4.69) is 34.9 Å². The third kappa shape index (κ3) is 6.50. The van der Waals surface area contributed by atoms with Gasteiger partial charge in [0.2, 0.25) is 0 Å². The van der Waals surface area contributed by atoms with Crippen molar-refractivity contribution in [3.8, 4) is 0 Å². The number of carbonyl (C=O) groups excluding carboxylic acids is 2. The number of allylic oxidation sites excluding steroid dienone is 4. The number of aliphatic hydroxyl groups is 1. The van der Waals surface area contributed by atoms with Gasteiger partial charge in [0.05, 0.1) is 19.3 Å². The molecule has 6 atom stereocenters. The predicted molar refractivity (Wildman–Crippen MR) is 121 cm³/mol. The summed E-state index contributed by atoms with van der Waals surface area (Å²) in [5, 5.41) is 15.2. The molecule has 4 rings (SSSR count). The van der Waals surface area contributed by atoms with Gasteiger partial charge in [0, 0.05) is 13.1 Å². The zero-order valence-electron chi connectivity index (χ0n) is 18.9. The number of aliphatic hydroxyl groups excluding tert-OH is 1. The van der Waals surface area contributed by atoms with Crippen molar-refractivity contribution in [3.63, 3.8) is 0 Å². The average Bonchev–Trinajstić information content (AvgIpc) is 3.60. The van der Waals surface area contributed by atoms with Crippen LogP contribution < -0.4 is 10.6 Å². The summed E-state index contributed by atoms with van der Waals surface area (Å²) in [6, 6.07) is 0. The third-order valence-corrected chi connectivity index (χ3v) is 7.80. The number of rotatable bonds is 8. The van der Waals surface area contributed by atoms with Crippen LogP contribution in [-0.2, 0) is 9.47 Å². The number of alkyl carbamates (subject to hydrolysis) is 2. The van der Waals surface area contributed by atoms with Gasteiger partial charge in [0.15, 0.2) is 0 Å². The Morgan fingerprint density at radius 2 is 1.06 bits per heavy atom. The molecule has 0 saturated heterocycles. The highest BCUT2D eigenvalue weighted by atomic mass is 16.6. The maximum atomic E-state index is 11.9. The molecule has 0 aliphatic heterocycles. The largest absolute Gasteiger partial charge is 0.449 e. The summed E-state index contributed by atoms with van der Waals surface area (Å²) in [4.78, 5) is 23.9. The van der Waals surface area contributed by atoms with Crippen LogP contribution in [0.15, 0.2) is 24.3 Å². The first kappa shape index (κ1) is 23.1. The molecule has 2 saturated carbocycles. The van der Waals surface area contributed by atoms with Gasteiger partial charge in [-0.1, -0.05) is 24.3 Å². The fourth-order valence-electron chi connectivity index (χ4n) is 5.80. The Bertz CT molecular complexity index is 618. The van der Waals surface area contributed by atoms with E-state index in [0.717, 1.165) is 25.7 Å². The van der Waals surface area contributed by atoms with E-state index >= 15 is 0 Å². The highest BCUT2D eigenvalue weighted by Gasteiger charge is 2.50. The van der Waals surface area contributed by atoms with E-state index in [4.69, 9.17) is 9.47 Å². The molecule has 0 aromatic carbocycles. The molecule has 2 fully saturated rings. The predicted octanol–water partition coefficient (Wildman–Crippen LogP) is 3.78. The van der Waals surface area contributed by atoms with Gasteiger partial charge in [-0.3, -0.25) is 0 Å². The van der Waals surface area contributed by atoms with Crippen molar-refractivity contribution in [2.24, 2.45) is 35.5 Å². The number of fused-ring (bicyclic) bond motifs is 2. The SMILES string of the molecule is O=C(NCC(O)CNC(=O)OC[C@@H]1C2CC/C=C/CC[C@H]21)OCC1C2CC/C=C/CCC21. The standard InChI is InChI=1S/C25H38N2O5/c28-17(13-26-24(29)31-15-22-18-9-5-1-2-6-10-19(18)22)14-27-25(30)32-16-23-20-11-7-3-4-8-12-21(20)23/h1-4,17-23,28H,5-16H2,(H,26,29)(H,27,30)/b2-1+,4-3+/t17?,18-,19?,20?,21?,22+,23?/m1/s1. The van der Waals surface area contributed by atoms with Crippen LogP contribution in [0.5, 0.6) is 0 Å². The maximum absolute atomic E-state index is 11.9. The third-order valence-electron chi connectivity index (χ3n) is 7.80. The lowest BCUT2D eigenvalue weighted by Crippen LogP contribution is -2.40. The minimum Gasteiger partial charge on any atom is -0.449 e. The number of hydrogen-bond donors (Lipinski definition) is 3. The van der Waals surface area contributed by atoms with Crippen molar-refractivity contribution in [2.45, 2.75) is 57.5 Å². The number of ether oxygens (including phenoxy) is 2. The molecule has 0 bridgehead atoms. The fourth-order valence-corrected chi connectivity index (χ4v) is 5.80. The topological polar surface area (TPSA) is 96.9 Å². The number of hydrogen-bond acceptors (Lipinski definition) is 5. The summed E-state index contributed by atoms with van der Waals surface area (Å²) in [7, 11) is 0. The van der Waals surface area contributed by atoms with E-state index in [1.807, 2.05) is 0 Å². The van der Waals surface area contributed by atoms with Crippen LogP contribution in [0.3, 0.4) is 0 Å². The second-order valence-corrected chi connectivity index (χ2v) is 9.85. The quantitative estimate of drug-likeness (QED) is 0.493. The number of carbonyl (C=O) groups is 2. The van der Waals surface area contributed by atoms with Crippen LogP contribution >= 0.6 is 0 Å². The summed E-state index contributed by atoms with van der Waals surface area (Å²) in [5.41, 5.74) is 0. The number of nitrogens with one attached hydrogen (secondary N) is 2. The highest BCUT2D eigenvalue weighted by Crippen LogP contribution is 2.53. The van der Waals surface area contributed by atoms with Crippen LogP contribution in [0.2, 0.25) is 0 Å². The lowest BCUT2D eigenvalue weighted by atomic mass is 10.1. The van der Waals surface area contributed by atoms with Crippen molar-refractivity contribution in [1.82, 2.24) is 10.6 Å². The molecule has 0 radical (unpaired) electrons. The minimum atomic E-state index is -0.890. The number of amides is 2. The molecular weight excluding hydrogens is 408 g/mol. The van der Waals surface area contributed by atoms with E-state index in [1.54, 1.807) is 0 Å². The van der Waals surface area contributed by atoms with Gasteiger partial charge >= 0.3 is 12.2 Å². The van der Waals surface area contributed by atoms with Crippen LogP contribution in [0.1, 0.15) is 51.4 Å². The van der Waals surface area contributed by atoms with Crippen molar-refractivity contribution < 1.29 is 24.2 Å². The summed E-state index contributed by atoms with van der Waals surface area (Å²) in [6.45, 7) is 0.947. The molecule has 4 aliphatic rings. The van der Waals surface area contributed by atoms with Gasteiger partial charge in [0.1, 0.15) is 0 Å². The van der Waals surface area contributed by atoms with E-state index in [-0.39, 0.29) is 13.1 Å². The molecule has 0 aromatic heterocycles. The molecule has 3 N–H and O–H groups in total. The lowest BCUT2D eigenvalue weighted by molar-refractivity contribution is 0.116. The molecule has 0 spiro atoms. The molecule has 0 aromatic rings. The van der Waals surface area contributed by atoms with E-state index in [0.29, 0.717) is 48.7 Å². The molecule has 178 valence electrons. The first-order valence-corrected chi connectivity index (χ1v) is 12.4. The highest BCUT2D eigenvalue weighted by molar-refractivity contribution is 5.68. The molecule has 0 heterocycles. The second kappa shape index (κ2) is 11.2. The molecule has 4 unspecified atom stereocenters. The van der Waals surface area contributed by atoms with Crippen molar-refractivity contribution in [3.05, 3.63) is 24.3 Å². The summed E-state index contributed by atoms with van der Waals surface area (Å²) < 4.78 is 10.7. The zero-order chi connectivity index (χ0) is 22.3. The first-order valence-electron chi connectivity index (χ1n) is 12.4. The molecule has 7 heteroatoms. The monoisotopic (exact) mass is 446 g/mol. The van der Waals surface area contributed by atoms with Crippen molar-refractivity contribution in [2.75, 3.05) is 26.3 Å². The van der Waals surface area contributed by atoms with Crippen LogP contribution in [0.4, 0.5) is 9.59 Å². The lowest BCUT2D eigenvalue weighted by Gasteiger charge is -2.13. The average molecular weight is 447 g/mol. The molecular formula is C25H38N2O5. The van der Waals surface area contributed by atoms with E-state index < -0.39 is 18.3 Å². The summed E-state index contributed by atoms with van der Waals surface area (Å²) in [6.07, 6.45) is 16.3. The van der Waals surface area contributed by atoms with Crippen LogP contribution in [-0.4, -0.2) is 49.7 Å². The Morgan fingerprint density at radius 1 is 0.719 bits per heavy atom. The fraction of sp³-hybridized carbons (Fsp3) is 0.760. The van der Waals surface area contributed by atoms with E-state index in [9.17, 15) is 14.7 Å². The smallest absolute Gasteiger partial charge is 0.407 e. The summed E-state index contributed by atoms with van der Waals surface area (Å²) in [5.74, 6) is 3.67. The Labute approximate surface area is 191 Å². The van der Waals surface area contributed by atoms with Gasteiger partial charge in [-0.15, -0.1) is 0 Å². The van der Waals surface area contributed by atoms with Gasteiger partial charge in [0.25, 0.3) is 0 Å². The Hall–Kier alpha value is -2.02. The Morgan fingerprint density at radius 3 is 1.41 bits per heavy atom. The molecule has 7 nitrogen and oxygen atoms in total. The van der Waals surface area contributed by atoms with Crippen LogP contribution in [0, 0.1) is 35.5 Å². The van der Waals surface area contributed by atoms with Gasteiger partial charge < -0.3 is 25.2 Å². The molecule has 32 heavy (non-hydrogen) atoms. The first-order chi connectivity index (χ1) is 15.6. The zero-order valence-corrected chi connectivity index (χ0v) is 18.9. The minimum absolute atomic E-state index is 0.0281. The van der Waals surface area contributed by atoms with Crippen molar-refractivity contribution in [1.29, 1.82) is 0 Å². The molecule has 2 amide bonds. The van der Waals surface area contributed by atoms with Gasteiger partial charge in [-0.05, 0) is 86.9 Å². The maximum Gasteiger partial charge on any atom is 0.407 e. The second-order valence-electron chi connectivity index (χ2n) is 9.85. The van der Waals surface area contributed by atoms with Gasteiger partial charge in [-0.25, -0.2) is 9.59 Å². The Kier molecular flexibility index (Phi) is 8.11. The van der Waals surface area contributed by atoms with E-state index in [1.165, 1.54) is 25.7 Å². The van der Waals surface area contributed by atoms with Gasteiger partial charge in [-0.2, -0.15) is 0 Å². The molecule has 4 aliphatic carbocycles. The normalized spacial score (nSPS) is 35.8. The van der Waals surface area contributed by atoms with Crippen molar-refractivity contribution >= 4 is 12.2 Å².